The third kappa shape index (κ3) is 2.07. The zero-order valence-corrected chi connectivity index (χ0v) is 10.2. The molecule has 3 atom stereocenters. The van der Waals surface area contributed by atoms with E-state index in [1.54, 1.807) is 0 Å². The first-order valence-electron chi connectivity index (χ1n) is 5.88. The van der Waals surface area contributed by atoms with Gasteiger partial charge in [-0.05, 0) is 50.3 Å². The Balaban J connectivity index is 2.26. The van der Waals surface area contributed by atoms with Crippen LogP contribution < -0.4 is 5.32 Å². The molecule has 0 saturated heterocycles. The van der Waals surface area contributed by atoms with Gasteiger partial charge in [0.1, 0.15) is 0 Å². The number of hydrogen-bond acceptors (Lipinski definition) is 1. The van der Waals surface area contributed by atoms with Crippen molar-refractivity contribution in [2.75, 3.05) is 7.05 Å². The van der Waals surface area contributed by atoms with Gasteiger partial charge in [0.25, 0.3) is 0 Å². The standard InChI is InChI=1S/C14H21N/c1-9-5-6-12(10(2)7-9)14(15-4)13-8-11(13)3/h5-7,11,13-15H,8H2,1-4H3. The highest BCUT2D eigenvalue weighted by atomic mass is 14.9. The van der Waals surface area contributed by atoms with E-state index < -0.39 is 0 Å². The molecular weight excluding hydrogens is 182 g/mol. The van der Waals surface area contributed by atoms with E-state index in [4.69, 9.17) is 0 Å². The summed E-state index contributed by atoms with van der Waals surface area (Å²) in [5, 5.41) is 3.47. The maximum Gasteiger partial charge on any atom is 0.0351 e. The lowest BCUT2D eigenvalue weighted by Gasteiger charge is -2.19. The van der Waals surface area contributed by atoms with Gasteiger partial charge in [0.15, 0.2) is 0 Å². The van der Waals surface area contributed by atoms with Crippen LogP contribution in [0.2, 0.25) is 0 Å². The molecule has 0 radical (unpaired) electrons. The summed E-state index contributed by atoms with van der Waals surface area (Å²) in [5.41, 5.74) is 4.26. The van der Waals surface area contributed by atoms with Crippen molar-refractivity contribution >= 4 is 0 Å². The van der Waals surface area contributed by atoms with Gasteiger partial charge in [-0.2, -0.15) is 0 Å². The number of rotatable bonds is 3. The van der Waals surface area contributed by atoms with Gasteiger partial charge in [0.2, 0.25) is 0 Å². The summed E-state index contributed by atoms with van der Waals surface area (Å²) in [6.07, 6.45) is 1.37. The maximum atomic E-state index is 3.47. The maximum absolute atomic E-state index is 3.47. The van der Waals surface area contributed by atoms with Crippen LogP contribution in [0.25, 0.3) is 0 Å². The molecule has 0 aliphatic heterocycles. The fourth-order valence-electron chi connectivity index (χ4n) is 2.59. The smallest absolute Gasteiger partial charge is 0.0351 e. The predicted molar refractivity (Wildman–Crippen MR) is 65.0 cm³/mol. The zero-order chi connectivity index (χ0) is 11.0. The normalized spacial score (nSPS) is 26.4. The number of benzene rings is 1. The van der Waals surface area contributed by atoms with Gasteiger partial charge in [-0.3, -0.25) is 0 Å². The van der Waals surface area contributed by atoms with Gasteiger partial charge in [-0.1, -0.05) is 30.7 Å². The Hall–Kier alpha value is -0.820. The summed E-state index contributed by atoms with van der Waals surface area (Å²) in [6, 6.07) is 7.35. The monoisotopic (exact) mass is 203 g/mol. The first kappa shape index (κ1) is 10.7. The summed E-state index contributed by atoms with van der Waals surface area (Å²) in [4.78, 5) is 0. The molecule has 1 aromatic rings. The van der Waals surface area contributed by atoms with Crippen LogP contribution in [0.1, 0.15) is 36.1 Å². The van der Waals surface area contributed by atoms with Gasteiger partial charge in [0, 0.05) is 6.04 Å². The summed E-state index contributed by atoms with van der Waals surface area (Å²) < 4.78 is 0. The number of nitrogens with one attached hydrogen (secondary N) is 1. The third-order valence-corrected chi connectivity index (χ3v) is 3.67. The van der Waals surface area contributed by atoms with Crippen molar-refractivity contribution in [2.24, 2.45) is 11.8 Å². The van der Waals surface area contributed by atoms with E-state index in [9.17, 15) is 0 Å². The Morgan fingerprint density at radius 2 is 2.00 bits per heavy atom. The van der Waals surface area contributed by atoms with Crippen molar-refractivity contribution in [1.82, 2.24) is 5.32 Å². The minimum absolute atomic E-state index is 0.556. The molecule has 3 unspecified atom stereocenters. The lowest BCUT2D eigenvalue weighted by atomic mass is 9.95. The van der Waals surface area contributed by atoms with E-state index in [0.29, 0.717) is 6.04 Å². The molecule has 0 heterocycles. The second-order valence-electron chi connectivity index (χ2n) is 5.00. The summed E-state index contributed by atoms with van der Waals surface area (Å²) >= 11 is 0. The van der Waals surface area contributed by atoms with E-state index >= 15 is 0 Å². The molecule has 1 nitrogen and oxygen atoms in total. The third-order valence-electron chi connectivity index (χ3n) is 3.67. The summed E-state index contributed by atoms with van der Waals surface area (Å²) in [5.74, 6) is 1.74. The molecule has 1 aromatic carbocycles. The molecule has 0 amide bonds. The second kappa shape index (κ2) is 3.97. The number of aryl methyl sites for hydroxylation is 2. The Kier molecular flexibility index (Phi) is 2.83. The second-order valence-corrected chi connectivity index (χ2v) is 5.00. The molecule has 1 N–H and O–H groups in total. The topological polar surface area (TPSA) is 12.0 Å². The molecule has 1 fully saturated rings. The zero-order valence-electron chi connectivity index (χ0n) is 10.2. The van der Waals surface area contributed by atoms with E-state index in [1.165, 1.54) is 23.1 Å². The highest BCUT2D eigenvalue weighted by Crippen LogP contribution is 2.47. The van der Waals surface area contributed by atoms with Crippen molar-refractivity contribution in [3.05, 3.63) is 34.9 Å². The Morgan fingerprint density at radius 3 is 2.47 bits per heavy atom. The lowest BCUT2D eigenvalue weighted by molar-refractivity contribution is 0.502. The van der Waals surface area contributed by atoms with Crippen molar-refractivity contribution < 1.29 is 0 Å². The average Bonchev–Trinajstić information content (AvgIpc) is 2.88. The van der Waals surface area contributed by atoms with Gasteiger partial charge in [0.05, 0.1) is 0 Å². The summed E-state index contributed by atoms with van der Waals surface area (Å²) in [6.45, 7) is 6.73. The fraction of sp³-hybridized carbons (Fsp3) is 0.571. The van der Waals surface area contributed by atoms with Gasteiger partial charge >= 0.3 is 0 Å². The van der Waals surface area contributed by atoms with Crippen LogP contribution in [0.4, 0.5) is 0 Å². The van der Waals surface area contributed by atoms with E-state index in [1.807, 2.05) is 0 Å². The largest absolute Gasteiger partial charge is 0.313 e. The van der Waals surface area contributed by atoms with E-state index in [-0.39, 0.29) is 0 Å². The van der Waals surface area contributed by atoms with Gasteiger partial charge in [-0.15, -0.1) is 0 Å². The van der Waals surface area contributed by atoms with Crippen LogP contribution in [0.5, 0.6) is 0 Å². The predicted octanol–water partition coefficient (Wildman–Crippen LogP) is 3.22. The van der Waals surface area contributed by atoms with Crippen molar-refractivity contribution in [1.29, 1.82) is 0 Å². The van der Waals surface area contributed by atoms with Crippen molar-refractivity contribution in [3.8, 4) is 0 Å². The SMILES string of the molecule is CNC(c1ccc(C)cc1C)C1CC1C. The van der Waals surface area contributed by atoms with Crippen LogP contribution in [0.15, 0.2) is 18.2 Å². The highest BCUT2D eigenvalue weighted by molar-refractivity contribution is 5.34. The Labute approximate surface area is 92.9 Å². The van der Waals surface area contributed by atoms with Crippen molar-refractivity contribution in [3.63, 3.8) is 0 Å². The quantitative estimate of drug-likeness (QED) is 0.795. The molecule has 1 aliphatic carbocycles. The molecule has 1 heteroatoms. The van der Waals surface area contributed by atoms with Crippen LogP contribution >= 0.6 is 0 Å². The van der Waals surface area contributed by atoms with E-state index in [0.717, 1.165) is 11.8 Å². The van der Waals surface area contributed by atoms with Crippen LogP contribution in [-0.2, 0) is 0 Å². The van der Waals surface area contributed by atoms with Crippen LogP contribution in [-0.4, -0.2) is 7.05 Å². The Bertz CT molecular complexity index is 356. The minimum Gasteiger partial charge on any atom is -0.313 e. The van der Waals surface area contributed by atoms with Gasteiger partial charge < -0.3 is 5.32 Å². The Morgan fingerprint density at radius 1 is 1.33 bits per heavy atom. The average molecular weight is 203 g/mol. The molecule has 15 heavy (non-hydrogen) atoms. The molecule has 0 aromatic heterocycles. The molecule has 1 saturated carbocycles. The molecule has 2 rings (SSSR count). The van der Waals surface area contributed by atoms with Crippen LogP contribution in [0.3, 0.4) is 0 Å². The molecule has 1 aliphatic rings. The summed E-state index contributed by atoms with van der Waals surface area (Å²) in [7, 11) is 2.08. The highest BCUT2D eigenvalue weighted by Gasteiger charge is 2.39. The molecule has 0 bridgehead atoms. The lowest BCUT2D eigenvalue weighted by Crippen LogP contribution is -2.20. The number of hydrogen-bond donors (Lipinski definition) is 1. The van der Waals surface area contributed by atoms with Crippen LogP contribution in [0, 0.1) is 25.7 Å². The van der Waals surface area contributed by atoms with Crippen molar-refractivity contribution in [2.45, 2.75) is 33.2 Å². The molecule has 0 spiro atoms. The molecular formula is C14H21N. The molecule has 82 valence electrons. The minimum atomic E-state index is 0.556. The van der Waals surface area contributed by atoms with E-state index in [2.05, 4.69) is 51.3 Å². The van der Waals surface area contributed by atoms with Gasteiger partial charge in [-0.25, -0.2) is 0 Å². The first-order chi connectivity index (χ1) is 7.13. The fourth-order valence-corrected chi connectivity index (χ4v) is 2.59. The first-order valence-corrected chi connectivity index (χ1v) is 5.88.